The third-order valence-corrected chi connectivity index (χ3v) is 5.10. The highest BCUT2D eigenvalue weighted by Crippen LogP contribution is 2.22. The third-order valence-electron chi connectivity index (χ3n) is 4.20. The number of aryl methyl sites for hydroxylation is 2. The fourth-order valence-corrected chi connectivity index (χ4v) is 3.79. The standard InChI is InChI=1S/C16H23N5S/c1-12-6-7-16(19-18-12)21-8-4-5-14(10-21)20(3)11-15-9-17-13(2)22-15/h6-7,9,14H,4-5,8,10-11H2,1-3H3/t14-/m1/s1. The topological polar surface area (TPSA) is 45.2 Å². The maximum absolute atomic E-state index is 4.35. The minimum Gasteiger partial charge on any atom is -0.354 e. The van der Waals surface area contributed by atoms with Crippen LogP contribution in [0.15, 0.2) is 18.3 Å². The lowest BCUT2D eigenvalue weighted by atomic mass is 10.0. The molecule has 0 N–H and O–H groups in total. The van der Waals surface area contributed by atoms with Gasteiger partial charge in [-0.05, 0) is 45.9 Å². The second-order valence-corrected chi connectivity index (χ2v) is 7.36. The number of anilines is 1. The Morgan fingerprint density at radius 2 is 2.18 bits per heavy atom. The highest BCUT2D eigenvalue weighted by Gasteiger charge is 2.24. The molecule has 0 saturated carbocycles. The Hall–Kier alpha value is -1.53. The van der Waals surface area contributed by atoms with E-state index in [0.29, 0.717) is 6.04 Å². The Bertz CT molecular complexity index is 609. The van der Waals surface area contributed by atoms with Crippen molar-refractivity contribution in [1.82, 2.24) is 20.1 Å². The van der Waals surface area contributed by atoms with E-state index in [4.69, 9.17) is 0 Å². The maximum Gasteiger partial charge on any atom is 0.151 e. The molecule has 2 aromatic heterocycles. The van der Waals surface area contributed by atoms with Crippen LogP contribution in [0.2, 0.25) is 0 Å². The van der Waals surface area contributed by atoms with Crippen LogP contribution in [0, 0.1) is 13.8 Å². The molecule has 22 heavy (non-hydrogen) atoms. The van der Waals surface area contributed by atoms with Gasteiger partial charge in [0.15, 0.2) is 5.82 Å². The number of hydrogen-bond acceptors (Lipinski definition) is 6. The zero-order valence-corrected chi connectivity index (χ0v) is 14.3. The molecule has 0 aromatic carbocycles. The van der Waals surface area contributed by atoms with Gasteiger partial charge in [-0.2, -0.15) is 5.10 Å². The van der Waals surface area contributed by atoms with E-state index in [1.807, 2.05) is 19.2 Å². The molecule has 3 heterocycles. The van der Waals surface area contributed by atoms with E-state index in [9.17, 15) is 0 Å². The molecule has 0 amide bonds. The van der Waals surface area contributed by atoms with Gasteiger partial charge in [0.2, 0.25) is 0 Å². The van der Waals surface area contributed by atoms with Gasteiger partial charge in [0.25, 0.3) is 0 Å². The number of aromatic nitrogens is 3. The van der Waals surface area contributed by atoms with Crippen LogP contribution >= 0.6 is 11.3 Å². The number of likely N-dealkylation sites (N-methyl/N-ethyl adjacent to an activating group) is 1. The van der Waals surface area contributed by atoms with Crippen LogP contribution < -0.4 is 4.90 Å². The maximum atomic E-state index is 4.35. The van der Waals surface area contributed by atoms with E-state index in [2.05, 4.69) is 45.0 Å². The Morgan fingerprint density at radius 1 is 1.32 bits per heavy atom. The molecular formula is C16H23N5S. The van der Waals surface area contributed by atoms with E-state index >= 15 is 0 Å². The van der Waals surface area contributed by atoms with E-state index in [1.54, 1.807) is 11.3 Å². The molecule has 1 aliphatic rings. The van der Waals surface area contributed by atoms with Gasteiger partial charge in [-0.15, -0.1) is 16.4 Å². The predicted octanol–water partition coefficient (Wildman–Crippen LogP) is 2.65. The van der Waals surface area contributed by atoms with Crippen molar-refractivity contribution in [3.63, 3.8) is 0 Å². The van der Waals surface area contributed by atoms with Gasteiger partial charge in [-0.25, -0.2) is 4.98 Å². The second kappa shape index (κ2) is 6.71. The molecule has 0 radical (unpaired) electrons. The van der Waals surface area contributed by atoms with Crippen LogP contribution in [-0.4, -0.2) is 46.3 Å². The van der Waals surface area contributed by atoms with Crippen LogP contribution in [0.4, 0.5) is 5.82 Å². The largest absolute Gasteiger partial charge is 0.354 e. The molecule has 1 atom stereocenters. The monoisotopic (exact) mass is 317 g/mol. The van der Waals surface area contributed by atoms with E-state index in [1.165, 1.54) is 17.7 Å². The van der Waals surface area contributed by atoms with Crippen LogP contribution in [0.1, 0.15) is 28.4 Å². The van der Waals surface area contributed by atoms with Gasteiger partial charge < -0.3 is 4.90 Å². The molecule has 118 valence electrons. The lowest BCUT2D eigenvalue weighted by Crippen LogP contribution is -2.46. The lowest BCUT2D eigenvalue weighted by molar-refractivity contribution is 0.209. The average molecular weight is 317 g/mol. The van der Waals surface area contributed by atoms with Crippen LogP contribution in [0.25, 0.3) is 0 Å². The van der Waals surface area contributed by atoms with E-state index in [-0.39, 0.29) is 0 Å². The van der Waals surface area contributed by atoms with Crippen molar-refractivity contribution >= 4 is 17.2 Å². The zero-order valence-electron chi connectivity index (χ0n) is 13.5. The summed E-state index contributed by atoms with van der Waals surface area (Å²) in [5.41, 5.74) is 0.968. The van der Waals surface area contributed by atoms with Gasteiger partial charge in [-0.3, -0.25) is 4.90 Å². The number of piperidine rings is 1. The Morgan fingerprint density at radius 3 is 2.86 bits per heavy atom. The minimum absolute atomic E-state index is 0.555. The molecule has 3 rings (SSSR count). The molecule has 1 aliphatic heterocycles. The van der Waals surface area contributed by atoms with Gasteiger partial charge in [0.05, 0.1) is 10.7 Å². The second-order valence-electron chi connectivity index (χ2n) is 6.04. The normalized spacial score (nSPS) is 18.9. The van der Waals surface area contributed by atoms with Gasteiger partial charge in [0.1, 0.15) is 0 Å². The van der Waals surface area contributed by atoms with Crippen molar-refractivity contribution in [3.05, 3.63) is 33.9 Å². The Kier molecular flexibility index (Phi) is 4.69. The predicted molar refractivity (Wildman–Crippen MR) is 90.3 cm³/mol. The summed E-state index contributed by atoms with van der Waals surface area (Å²) < 4.78 is 0. The molecule has 2 aromatic rings. The molecule has 5 nitrogen and oxygen atoms in total. The highest BCUT2D eigenvalue weighted by atomic mass is 32.1. The smallest absolute Gasteiger partial charge is 0.151 e. The molecule has 1 fully saturated rings. The van der Waals surface area contributed by atoms with Crippen molar-refractivity contribution < 1.29 is 0 Å². The molecule has 1 saturated heterocycles. The summed E-state index contributed by atoms with van der Waals surface area (Å²) >= 11 is 1.79. The van der Waals surface area contributed by atoms with Crippen molar-refractivity contribution in [2.75, 3.05) is 25.0 Å². The van der Waals surface area contributed by atoms with Gasteiger partial charge >= 0.3 is 0 Å². The van der Waals surface area contributed by atoms with Crippen molar-refractivity contribution in [2.45, 2.75) is 39.3 Å². The van der Waals surface area contributed by atoms with Crippen molar-refractivity contribution in [1.29, 1.82) is 0 Å². The van der Waals surface area contributed by atoms with E-state index in [0.717, 1.165) is 36.2 Å². The summed E-state index contributed by atoms with van der Waals surface area (Å²) in [6, 6.07) is 4.67. The fourth-order valence-electron chi connectivity index (χ4n) is 2.94. The first-order chi connectivity index (χ1) is 10.6. The lowest BCUT2D eigenvalue weighted by Gasteiger charge is -2.37. The van der Waals surface area contributed by atoms with Crippen LogP contribution in [0.3, 0.4) is 0 Å². The molecule has 0 bridgehead atoms. The van der Waals surface area contributed by atoms with Crippen LogP contribution in [0.5, 0.6) is 0 Å². The number of hydrogen-bond donors (Lipinski definition) is 0. The molecule has 0 spiro atoms. The van der Waals surface area contributed by atoms with Crippen molar-refractivity contribution in [2.24, 2.45) is 0 Å². The van der Waals surface area contributed by atoms with Gasteiger partial charge in [-0.1, -0.05) is 0 Å². The Labute approximate surface area is 136 Å². The number of nitrogens with zero attached hydrogens (tertiary/aromatic N) is 5. The zero-order chi connectivity index (χ0) is 15.5. The first-order valence-corrected chi connectivity index (χ1v) is 8.60. The first kappa shape index (κ1) is 15.4. The number of thiazole rings is 1. The summed E-state index contributed by atoms with van der Waals surface area (Å²) in [5, 5.41) is 9.66. The Balaban J connectivity index is 1.63. The first-order valence-electron chi connectivity index (χ1n) is 7.78. The summed E-state index contributed by atoms with van der Waals surface area (Å²) in [6.45, 7) is 7.10. The summed E-state index contributed by atoms with van der Waals surface area (Å²) in [6.07, 6.45) is 4.44. The highest BCUT2D eigenvalue weighted by molar-refractivity contribution is 7.11. The van der Waals surface area contributed by atoms with Crippen molar-refractivity contribution in [3.8, 4) is 0 Å². The summed E-state index contributed by atoms with van der Waals surface area (Å²) in [5.74, 6) is 0.998. The molecule has 6 heteroatoms. The third kappa shape index (κ3) is 3.62. The SMILES string of the molecule is Cc1ccc(N2CCC[C@@H](N(C)Cc3cnc(C)s3)C2)nn1. The van der Waals surface area contributed by atoms with E-state index < -0.39 is 0 Å². The minimum atomic E-state index is 0.555. The quantitative estimate of drug-likeness (QED) is 0.867. The summed E-state index contributed by atoms with van der Waals surface area (Å²) in [7, 11) is 2.21. The fraction of sp³-hybridized carbons (Fsp3) is 0.562. The molecule has 0 aliphatic carbocycles. The van der Waals surface area contributed by atoms with Crippen LogP contribution in [-0.2, 0) is 6.54 Å². The summed E-state index contributed by atoms with van der Waals surface area (Å²) in [4.78, 5) is 10.5. The van der Waals surface area contributed by atoms with Gasteiger partial charge in [0, 0.05) is 36.8 Å². The molecular weight excluding hydrogens is 294 g/mol. The average Bonchev–Trinajstić information content (AvgIpc) is 2.93. The molecule has 0 unspecified atom stereocenters. The number of rotatable bonds is 4.